The van der Waals surface area contributed by atoms with E-state index < -0.39 is 23.4 Å². The molecule has 2 aliphatic rings. The topological polar surface area (TPSA) is 103 Å². The van der Waals surface area contributed by atoms with Gasteiger partial charge in [-0.3, -0.25) is 4.79 Å². The second-order valence-corrected chi connectivity index (χ2v) is 7.61. The summed E-state index contributed by atoms with van der Waals surface area (Å²) in [4.78, 5) is 44.4. The predicted molar refractivity (Wildman–Crippen MR) is 109 cm³/mol. The van der Waals surface area contributed by atoms with Gasteiger partial charge in [0, 0.05) is 17.4 Å². The number of H-pyrrole nitrogens is 1. The Kier molecular flexibility index (Phi) is 3.70. The maximum Gasteiger partial charge on any atom is 0.337 e. The highest BCUT2D eigenvalue weighted by atomic mass is 16.5. The fourth-order valence-corrected chi connectivity index (χ4v) is 4.61. The first kappa shape index (κ1) is 18.2. The summed E-state index contributed by atoms with van der Waals surface area (Å²) in [7, 11) is 1.60. The van der Waals surface area contributed by atoms with Crippen molar-refractivity contribution >= 4 is 34.5 Å². The Labute approximate surface area is 171 Å². The molecule has 1 saturated heterocycles. The summed E-state index contributed by atoms with van der Waals surface area (Å²) in [6.07, 6.45) is 0.575. The molecule has 0 radical (unpaired) electrons. The molecule has 1 unspecified atom stereocenters. The molecule has 152 valence electrons. The van der Waals surface area contributed by atoms with Crippen molar-refractivity contribution in [3.8, 4) is 5.75 Å². The van der Waals surface area contributed by atoms with E-state index >= 15 is 0 Å². The number of carbonyl (C=O) groups excluding carboxylic acids is 2. The molecule has 3 aromatic rings. The Morgan fingerprint density at radius 1 is 1.20 bits per heavy atom. The molecule has 3 heterocycles. The van der Waals surface area contributed by atoms with Gasteiger partial charge in [0.1, 0.15) is 5.75 Å². The summed E-state index contributed by atoms with van der Waals surface area (Å²) >= 11 is 0. The van der Waals surface area contributed by atoms with Crippen LogP contribution in [0.3, 0.4) is 0 Å². The van der Waals surface area contributed by atoms with Crippen LogP contribution in [0, 0.1) is 0 Å². The van der Waals surface area contributed by atoms with Crippen molar-refractivity contribution in [2.45, 2.75) is 18.9 Å². The Balaban J connectivity index is 1.69. The first-order valence-corrected chi connectivity index (χ1v) is 9.55. The van der Waals surface area contributed by atoms with E-state index in [9.17, 15) is 19.5 Å². The molecule has 5 rings (SSSR count). The number of para-hydroxylation sites is 1. The van der Waals surface area contributed by atoms with Crippen molar-refractivity contribution in [2.75, 3.05) is 18.6 Å². The summed E-state index contributed by atoms with van der Waals surface area (Å²) < 4.78 is 5.33. The van der Waals surface area contributed by atoms with Gasteiger partial charge in [-0.1, -0.05) is 12.1 Å². The summed E-state index contributed by atoms with van der Waals surface area (Å²) in [5.74, 6) is -0.956. The van der Waals surface area contributed by atoms with E-state index in [2.05, 4.69) is 4.98 Å². The molecular weight excluding hydrogens is 386 g/mol. The number of carboxylic acid groups (broad SMARTS) is 1. The highest BCUT2D eigenvalue weighted by Crippen LogP contribution is 2.46. The van der Waals surface area contributed by atoms with E-state index in [0.29, 0.717) is 24.4 Å². The van der Waals surface area contributed by atoms with Gasteiger partial charge in [0.25, 0.3) is 5.91 Å². The molecule has 2 aromatic carbocycles. The van der Waals surface area contributed by atoms with Crippen LogP contribution in [0.15, 0.2) is 42.5 Å². The lowest BCUT2D eigenvalue weighted by Gasteiger charge is -2.35. The number of anilines is 1. The number of carbonyl (C=O) groups is 3. The molecule has 2 aliphatic heterocycles. The van der Waals surface area contributed by atoms with Crippen LogP contribution in [-0.2, 0) is 16.8 Å². The molecule has 0 bridgehead atoms. The van der Waals surface area contributed by atoms with E-state index in [-0.39, 0.29) is 11.3 Å². The average molecular weight is 405 g/mol. The van der Waals surface area contributed by atoms with Crippen LogP contribution >= 0.6 is 0 Å². The van der Waals surface area contributed by atoms with E-state index in [1.807, 2.05) is 18.2 Å². The molecule has 1 atom stereocenters. The van der Waals surface area contributed by atoms with Gasteiger partial charge in [-0.15, -0.1) is 0 Å². The molecular formula is C22H19N3O5. The van der Waals surface area contributed by atoms with Crippen LogP contribution < -0.4 is 9.64 Å². The first-order valence-electron chi connectivity index (χ1n) is 9.55. The molecule has 8 nitrogen and oxygen atoms in total. The number of amides is 3. The molecule has 3 amide bonds. The number of hydrogen-bond donors (Lipinski definition) is 2. The summed E-state index contributed by atoms with van der Waals surface area (Å²) in [6.45, 7) is 2.06. The van der Waals surface area contributed by atoms with E-state index in [0.717, 1.165) is 21.4 Å². The zero-order valence-electron chi connectivity index (χ0n) is 16.4. The number of rotatable bonds is 3. The molecule has 8 heteroatoms. The molecule has 0 saturated carbocycles. The lowest BCUT2D eigenvalue weighted by atomic mass is 9.87. The van der Waals surface area contributed by atoms with Gasteiger partial charge in [-0.2, -0.15) is 0 Å². The van der Waals surface area contributed by atoms with Crippen LogP contribution in [0.1, 0.15) is 28.5 Å². The number of benzene rings is 2. The standard InChI is InChI=1S/C22H19N3O5/c1-22-18-13(15-11-12(30-2)7-8-16(15)23-18)9-10-24(22)21(29)25(20(22)28)17-6-4-3-5-14(17)19(26)27/h3-8,11,23H,9-10H2,1-2H3,(H,26,27). The Morgan fingerprint density at radius 2 is 1.97 bits per heavy atom. The van der Waals surface area contributed by atoms with Gasteiger partial charge in [-0.05, 0) is 49.2 Å². The number of methoxy groups -OCH3 is 1. The normalized spacial score (nSPS) is 20.5. The second kappa shape index (κ2) is 6.09. The number of fused-ring (bicyclic) bond motifs is 5. The summed E-state index contributed by atoms with van der Waals surface area (Å²) in [5, 5.41) is 10.5. The van der Waals surface area contributed by atoms with Crippen LogP contribution in [0.25, 0.3) is 10.9 Å². The highest BCUT2D eigenvalue weighted by molar-refractivity contribution is 6.25. The van der Waals surface area contributed by atoms with E-state index in [4.69, 9.17) is 4.74 Å². The predicted octanol–water partition coefficient (Wildman–Crippen LogP) is 3.11. The molecule has 0 aliphatic carbocycles. The van der Waals surface area contributed by atoms with Crippen LogP contribution in [0.4, 0.5) is 10.5 Å². The van der Waals surface area contributed by atoms with Crippen molar-refractivity contribution in [2.24, 2.45) is 0 Å². The fourth-order valence-electron chi connectivity index (χ4n) is 4.61. The number of aromatic carboxylic acids is 1. The smallest absolute Gasteiger partial charge is 0.337 e. The van der Waals surface area contributed by atoms with Crippen LogP contribution in [-0.4, -0.2) is 46.6 Å². The SMILES string of the molecule is COc1ccc2[nH]c3c(c2c1)CCN1C(=O)N(c2ccccc2C(=O)O)C(=O)C31C. The van der Waals surface area contributed by atoms with Crippen molar-refractivity contribution in [3.05, 3.63) is 59.3 Å². The van der Waals surface area contributed by atoms with E-state index in [1.165, 1.54) is 17.0 Å². The van der Waals surface area contributed by atoms with Gasteiger partial charge < -0.3 is 19.7 Å². The zero-order chi connectivity index (χ0) is 21.2. The minimum atomic E-state index is -1.25. The van der Waals surface area contributed by atoms with Crippen molar-refractivity contribution < 1.29 is 24.2 Å². The van der Waals surface area contributed by atoms with E-state index in [1.54, 1.807) is 26.2 Å². The number of nitrogens with zero attached hydrogens (tertiary/aromatic N) is 2. The monoisotopic (exact) mass is 405 g/mol. The second-order valence-electron chi connectivity index (χ2n) is 7.61. The molecule has 30 heavy (non-hydrogen) atoms. The highest BCUT2D eigenvalue weighted by Gasteiger charge is 2.59. The Morgan fingerprint density at radius 3 is 2.70 bits per heavy atom. The number of urea groups is 1. The Bertz CT molecular complexity index is 1250. The van der Waals surface area contributed by atoms with Gasteiger partial charge in [0.15, 0.2) is 5.54 Å². The van der Waals surface area contributed by atoms with Gasteiger partial charge in [-0.25, -0.2) is 14.5 Å². The summed E-state index contributed by atoms with van der Waals surface area (Å²) in [5.41, 5.74) is 1.22. The quantitative estimate of drug-likeness (QED) is 0.652. The maximum atomic E-state index is 13.6. The molecule has 1 fully saturated rings. The lowest BCUT2D eigenvalue weighted by molar-refractivity contribution is -0.125. The van der Waals surface area contributed by atoms with Crippen molar-refractivity contribution in [3.63, 3.8) is 0 Å². The number of carboxylic acids is 1. The number of aromatic nitrogens is 1. The molecule has 0 spiro atoms. The zero-order valence-corrected chi connectivity index (χ0v) is 16.4. The largest absolute Gasteiger partial charge is 0.497 e. The average Bonchev–Trinajstić information content (AvgIpc) is 3.21. The number of ether oxygens (including phenoxy) is 1. The van der Waals surface area contributed by atoms with Gasteiger partial charge in [0.05, 0.1) is 24.1 Å². The minimum absolute atomic E-state index is 0.0787. The number of nitrogens with one attached hydrogen (secondary N) is 1. The van der Waals surface area contributed by atoms with Crippen molar-refractivity contribution in [1.29, 1.82) is 0 Å². The Hall–Kier alpha value is -3.81. The summed E-state index contributed by atoms with van der Waals surface area (Å²) in [6, 6.07) is 11.2. The number of imide groups is 1. The van der Waals surface area contributed by atoms with Crippen molar-refractivity contribution in [1.82, 2.24) is 9.88 Å². The maximum absolute atomic E-state index is 13.6. The minimum Gasteiger partial charge on any atom is -0.497 e. The van der Waals surface area contributed by atoms with Gasteiger partial charge in [0.2, 0.25) is 0 Å². The molecule has 2 N–H and O–H groups in total. The third-order valence-corrected chi connectivity index (χ3v) is 6.14. The van der Waals surface area contributed by atoms with Crippen LogP contribution in [0.2, 0.25) is 0 Å². The number of aromatic amines is 1. The fraction of sp³-hybridized carbons (Fsp3) is 0.227. The third-order valence-electron chi connectivity index (χ3n) is 6.14. The lowest BCUT2D eigenvalue weighted by Crippen LogP contribution is -2.49. The van der Waals surface area contributed by atoms with Crippen LogP contribution in [0.5, 0.6) is 5.75 Å². The van der Waals surface area contributed by atoms with Gasteiger partial charge >= 0.3 is 12.0 Å². The molecule has 1 aromatic heterocycles. The third kappa shape index (κ3) is 2.18. The first-order chi connectivity index (χ1) is 14.4. The number of hydrogen-bond acceptors (Lipinski definition) is 4.